The molecule has 118 valence electrons. The highest BCUT2D eigenvalue weighted by Gasteiger charge is 2.09. The normalized spacial score (nSPS) is 9.96. The zero-order valence-electron chi connectivity index (χ0n) is 13.4. The molecule has 0 unspecified atom stereocenters. The second-order valence-corrected chi connectivity index (χ2v) is 5.32. The first-order chi connectivity index (χ1) is 11.1. The van der Waals surface area contributed by atoms with Crippen molar-refractivity contribution in [3.63, 3.8) is 0 Å². The minimum atomic E-state index is -0.266. The van der Waals surface area contributed by atoms with E-state index in [2.05, 4.69) is 22.1 Å². The van der Waals surface area contributed by atoms with Gasteiger partial charge in [-0.2, -0.15) is 5.26 Å². The Labute approximate surface area is 136 Å². The average molecular weight is 308 g/mol. The molecule has 0 aliphatic carbocycles. The van der Waals surface area contributed by atoms with Gasteiger partial charge in [-0.15, -0.1) is 0 Å². The summed E-state index contributed by atoms with van der Waals surface area (Å²) in [5.41, 5.74) is 2.55. The van der Waals surface area contributed by atoms with Crippen molar-refractivity contribution in [3.8, 4) is 6.07 Å². The van der Waals surface area contributed by atoms with E-state index in [1.54, 1.807) is 36.5 Å². The van der Waals surface area contributed by atoms with Gasteiger partial charge in [-0.05, 0) is 42.8 Å². The number of nitrogens with zero attached hydrogens (tertiary/aromatic N) is 3. The lowest BCUT2D eigenvalue weighted by atomic mass is 10.2. The van der Waals surface area contributed by atoms with Crippen LogP contribution in [0.4, 0.5) is 11.4 Å². The Kier molecular flexibility index (Phi) is 5.70. The highest BCUT2D eigenvalue weighted by atomic mass is 16.1. The van der Waals surface area contributed by atoms with E-state index in [-0.39, 0.29) is 5.91 Å². The zero-order valence-corrected chi connectivity index (χ0v) is 13.4. The predicted molar refractivity (Wildman–Crippen MR) is 91.5 cm³/mol. The monoisotopic (exact) mass is 308 g/mol. The summed E-state index contributed by atoms with van der Waals surface area (Å²) in [6.45, 7) is 3.12. The molecule has 23 heavy (non-hydrogen) atoms. The van der Waals surface area contributed by atoms with Crippen molar-refractivity contribution in [1.82, 2.24) is 4.98 Å². The van der Waals surface area contributed by atoms with Crippen LogP contribution in [0.3, 0.4) is 0 Å². The molecule has 5 nitrogen and oxygen atoms in total. The van der Waals surface area contributed by atoms with Crippen molar-refractivity contribution in [3.05, 3.63) is 53.9 Å². The van der Waals surface area contributed by atoms with Gasteiger partial charge in [0.1, 0.15) is 5.69 Å². The molecule has 1 N–H and O–H groups in total. The summed E-state index contributed by atoms with van der Waals surface area (Å²) >= 11 is 0. The van der Waals surface area contributed by atoms with Gasteiger partial charge in [0.25, 0.3) is 5.91 Å². The highest BCUT2D eigenvalue weighted by Crippen LogP contribution is 2.14. The van der Waals surface area contributed by atoms with Gasteiger partial charge >= 0.3 is 0 Å². The summed E-state index contributed by atoms with van der Waals surface area (Å²) in [6, 6.07) is 12.4. The lowest BCUT2D eigenvalue weighted by Gasteiger charge is -2.18. The predicted octanol–water partition coefficient (Wildman–Crippen LogP) is 3.44. The lowest BCUT2D eigenvalue weighted by molar-refractivity contribution is 0.102. The molecule has 0 aliphatic rings. The van der Waals surface area contributed by atoms with Crippen LogP contribution in [0.2, 0.25) is 0 Å². The van der Waals surface area contributed by atoms with E-state index < -0.39 is 0 Å². The van der Waals surface area contributed by atoms with Gasteiger partial charge in [0, 0.05) is 19.3 Å². The lowest BCUT2D eigenvalue weighted by Crippen LogP contribution is -2.19. The Bertz CT molecular complexity index is 686. The van der Waals surface area contributed by atoms with Gasteiger partial charge < -0.3 is 10.2 Å². The molecule has 0 fully saturated rings. The van der Waals surface area contributed by atoms with Gasteiger partial charge in [0.15, 0.2) is 0 Å². The number of aromatic nitrogens is 1. The number of anilines is 2. The smallest absolute Gasteiger partial charge is 0.274 e. The van der Waals surface area contributed by atoms with Crippen LogP contribution in [0.25, 0.3) is 0 Å². The SMILES string of the molecule is CCCCN(C)c1ccc(C(=O)Nc2ccc(C#N)cc2)nc1. The van der Waals surface area contributed by atoms with E-state index in [1.807, 2.05) is 19.2 Å². The molecular weight excluding hydrogens is 288 g/mol. The van der Waals surface area contributed by atoms with E-state index >= 15 is 0 Å². The molecule has 1 aromatic heterocycles. The number of benzene rings is 1. The maximum absolute atomic E-state index is 12.2. The molecule has 0 saturated heterocycles. The quantitative estimate of drug-likeness (QED) is 0.887. The van der Waals surface area contributed by atoms with E-state index in [1.165, 1.54) is 0 Å². The molecular formula is C18H20N4O. The molecule has 5 heteroatoms. The maximum atomic E-state index is 12.2. The molecule has 1 amide bonds. The number of nitrogens with one attached hydrogen (secondary N) is 1. The van der Waals surface area contributed by atoms with Gasteiger partial charge in [-0.1, -0.05) is 13.3 Å². The number of carbonyl (C=O) groups is 1. The standard InChI is InChI=1S/C18H20N4O/c1-3-4-11-22(2)16-9-10-17(20-13-16)18(23)21-15-7-5-14(12-19)6-8-15/h5-10,13H,3-4,11H2,1-2H3,(H,21,23). The molecule has 0 spiro atoms. The van der Waals surface area contributed by atoms with E-state index in [9.17, 15) is 4.79 Å². The fourth-order valence-electron chi connectivity index (χ4n) is 2.09. The fourth-order valence-corrected chi connectivity index (χ4v) is 2.09. The van der Waals surface area contributed by atoms with Crippen molar-refractivity contribution in [2.24, 2.45) is 0 Å². The van der Waals surface area contributed by atoms with Gasteiger partial charge in [-0.25, -0.2) is 4.98 Å². The van der Waals surface area contributed by atoms with Crippen LogP contribution >= 0.6 is 0 Å². The number of unbranched alkanes of at least 4 members (excludes halogenated alkanes) is 1. The van der Waals surface area contributed by atoms with Crippen LogP contribution in [0, 0.1) is 11.3 Å². The summed E-state index contributed by atoms with van der Waals surface area (Å²) in [5, 5.41) is 11.5. The molecule has 0 aliphatic heterocycles. The van der Waals surface area contributed by atoms with E-state index in [0.717, 1.165) is 25.1 Å². The number of hydrogen-bond donors (Lipinski definition) is 1. The van der Waals surface area contributed by atoms with Gasteiger partial charge in [-0.3, -0.25) is 4.79 Å². The van der Waals surface area contributed by atoms with Crippen LogP contribution in [0.1, 0.15) is 35.8 Å². The van der Waals surface area contributed by atoms with Crippen molar-refractivity contribution >= 4 is 17.3 Å². The number of amides is 1. The van der Waals surface area contributed by atoms with E-state index in [0.29, 0.717) is 16.9 Å². The Morgan fingerprint density at radius 1 is 1.26 bits per heavy atom. The van der Waals surface area contributed by atoms with Gasteiger partial charge in [0.05, 0.1) is 23.5 Å². The highest BCUT2D eigenvalue weighted by molar-refractivity contribution is 6.02. The third kappa shape index (κ3) is 4.55. The number of nitriles is 1. The minimum absolute atomic E-state index is 0.266. The third-order valence-corrected chi connectivity index (χ3v) is 3.54. The first-order valence-electron chi connectivity index (χ1n) is 7.62. The Morgan fingerprint density at radius 2 is 2.00 bits per heavy atom. The molecule has 0 saturated carbocycles. The van der Waals surface area contributed by atoms with Crippen LogP contribution < -0.4 is 10.2 Å². The summed E-state index contributed by atoms with van der Waals surface area (Å²) in [5.74, 6) is -0.266. The number of rotatable bonds is 6. The Hall–Kier alpha value is -2.87. The molecule has 2 rings (SSSR count). The first kappa shape index (κ1) is 16.5. The summed E-state index contributed by atoms with van der Waals surface area (Å²) in [4.78, 5) is 18.5. The number of carbonyl (C=O) groups excluding carboxylic acids is 1. The Balaban J connectivity index is 2.00. The van der Waals surface area contributed by atoms with Crippen molar-refractivity contribution in [2.75, 3.05) is 23.8 Å². The van der Waals surface area contributed by atoms with Crippen molar-refractivity contribution < 1.29 is 4.79 Å². The Morgan fingerprint density at radius 3 is 2.57 bits per heavy atom. The second kappa shape index (κ2) is 7.95. The van der Waals surface area contributed by atoms with Crippen LogP contribution in [0.5, 0.6) is 0 Å². The summed E-state index contributed by atoms with van der Waals surface area (Å²) in [7, 11) is 2.02. The maximum Gasteiger partial charge on any atom is 0.274 e. The van der Waals surface area contributed by atoms with E-state index in [4.69, 9.17) is 5.26 Å². The largest absolute Gasteiger partial charge is 0.373 e. The molecule has 1 aromatic carbocycles. The third-order valence-electron chi connectivity index (χ3n) is 3.54. The summed E-state index contributed by atoms with van der Waals surface area (Å²) in [6.07, 6.45) is 3.98. The molecule has 0 radical (unpaired) electrons. The van der Waals surface area contributed by atoms with Crippen LogP contribution in [0.15, 0.2) is 42.6 Å². The first-order valence-corrected chi connectivity index (χ1v) is 7.62. The number of hydrogen-bond acceptors (Lipinski definition) is 4. The second-order valence-electron chi connectivity index (χ2n) is 5.32. The van der Waals surface area contributed by atoms with Gasteiger partial charge in [0.2, 0.25) is 0 Å². The van der Waals surface area contributed by atoms with Crippen LogP contribution in [-0.4, -0.2) is 24.5 Å². The number of pyridine rings is 1. The summed E-state index contributed by atoms with van der Waals surface area (Å²) < 4.78 is 0. The van der Waals surface area contributed by atoms with Crippen LogP contribution in [-0.2, 0) is 0 Å². The zero-order chi connectivity index (χ0) is 16.7. The molecule has 0 atom stereocenters. The molecule has 2 aromatic rings. The topological polar surface area (TPSA) is 69.0 Å². The molecule has 0 bridgehead atoms. The minimum Gasteiger partial charge on any atom is -0.373 e. The van der Waals surface area contributed by atoms with Crippen molar-refractivity contribution in [1.29, 1.82) is 5.26 Å². The van der Waals surface area contributed by atoms with Crippen molar-refractivity contribution in [2.45, 2.75) is 19.8 Å². The average Bonchev–Trinajstić information content (AvgIpc) is 2.60. The molecule has 1 heterocycles. The fraction of sp³-hybridized carbons (Fsp3) is 0.278.